The highest BCUT2D eigenvalue weighted by atomic mass is 32.1. The van der Waals surface area contributed by atoms with Gasteiger partial charge < -0.3 is 4.90 Å². The minimum absolute atomic E-state index is 0.424. The predicted octanol–water partition coefficient (Wildman–Crippen LogP) is 3.10. The van der Waals surface area contributed by atoms with E-state index in [-0.39, 0.29) is 0 Å². The molecule has 3 heteroatoms. The second kappa shape index (κ2) is 10.4. The number of hydrogen-bond donors (Lipinski definition) is 1. The van der Waals surface area contributed by atoms with Gasteiger partial charge in [-0.05, 0) is 19.9 Å². The Hall–Kier alpha value is 0.270. The zero-order valence-corrected chi connectivity index (χ0v) is 12.5. The van der Waals surface area contributed by atoms with E-state index in [2.05, 4.69) is 36.3 Å². The van der Waals surface area contributed by atoms with Crippen molar-refractivity contribution in [3.05, 3.63) is 0 Å². The molecule has 98 valence electrons. The van der Waals surface area contributed by atoms with Crippen LogP contribution in [0.4, 0.5) is 0 Å². The van der Waals surface area contributed by atoms with E-state index in [1.807, 2.05) is 13.8 Å². The van der Waals surface area contributed by atoms with Gasteiger partial charge in [-0.15, -0.1) is 0 Å². The summed E-state index contributed by atoms with van der Waals surface area (Å²) in [6.45, 7) is 14.6. The average molecular weight is 246 g/mol. The van der Waals surface area contributed by atoms with Crippen molar-refractivity contribution in [2.24, 2.45) is 0 Å². The number of hydrogen-bond acceptors (Lipinski definition) is 3. The molecule has 0 saturated carbocycles. The molecule has 1 rings (SSSR count). The van der Waals surface area contributed by atoms with Crippen LogP contribution in [0.1, 0.15) is 47.0 Å². The molecule has 0 amide bonds. The molecule has 1 fully saturated rings. The van der Waals surface area contributed by atoms with Crippen LogP contribution in [-0.4, -0.2) is 47.9 Å². The van der Waals surface area contributed by atoms with E-state index in [9.17, 15) is 0 Å². The van der Waals surface area contributed by atoms with Crippen molar-refractivity contribution in [3.63, 3.8) is 0 Å². The van der Waals surface area contributed by atoms with E-state index < -0.39 is 0 Å². The third-order valence-electron chi connectivity index (χ3n) is 3.01. The van der Waals surface area contributed by atoms with E-state index in [1.165, 1.54) is 52.0 Å². The zero-order valence-electron chi connectivity index (χ0n) is 11.6. The Morgan fingerprint density at radius 2 is 1.62 bits per heavy atom. The van der Waals surface area contributed by atoms with Crippen molar-refractivity contribution in [1.82, 2.24) is 9.80 Å². The van der Waals surface area contributed by atoms with Crippen LogP contribution in [0.5, 0.6) is 0 Å². The van der Waals surface area contributed by atoms with Gasteiger partial charge >= 0.3 is 0 Å². The van der Waals surface area contributed by atoms with Crippen molar-refractivity contribution >= 4 is 12.6 Å². The van der Waals surface area contributed by atoms with Gasteiger partial charge in [-0.3, -0.25) is 4.90 Å². The summed E-state index contributed by atoms with van der Waals surface area (Å²) >= 11 is 4.46. The van der Waals surface area contributed by atoms with E-state index >= 15 is 0 Å². The Bertz CT molecular complexity index is 143. The molecule has 16 heavy (non-hydrogen) atoms. The van der Waals surface area contributed by atoms with Crippen LogP contribution >= 0.6 is 12.6 Å². The molecule has 1 aliphatic heterocycles. The monoisotopic (exact) mass is 246 g/mol. The number of nitrogens with zero attached hydrogens (tertiary/aromatic N) is 2. The molecule has 1 aliphatic rings. The van der Waals surface area contributed by atoms with Gasteiger partial charge in [0.1, 0.15) is 0 Å². The molecular weight excluding hydrogens is 216 g/mol. The molecule has 0 radical (unpaired) electrons. The number of thiol groups is 1. The van der Waals surface area contributed by atoms with Crippen molar-refractivity contribution < 1.29 is 0 Å². The standard InChI is InChI=1S/C11H24N2S.C2H6/c1-3-4-5-6-12-7-9-13(10-8-12)11(2)14;1-2/h11,14H,3-10H2,1-2H3;1-2H3. The highest BCUT2D eigenvalue weighted by Crippen LogP contribution is 2.09. The summed E-state index contributed by atoms with van der Waals surface area (Å²) in [5.74, 6) is 0. The lowest BCUT2D eigenvalue weighted by Gasteiger charge is -2.36. The molecule has 0 N–H and O–H groups in total. The fourth-order valence-electron chi connectivity index (χ4n) is 1.95. The molecule has 1 atom stereocenters. The van der Waals surface area contributed by atoms with Crippen LogP contribution < -0.4 is 0 Å². The Morgan fingerprint density at radius 1 is 1.06 bits per heavy atom. The van der Waals surface area contributed by atoms with E-state index in [1.54, 1.807) is 0 Å². The molecular formula is C13H30N2S. The fourth-order valence-corrected chi connectivity index (χ4v) is 2.18. The lowest BCUT2D eigenvalue weighted by molar-refractivity contribution is 0.127. The summed E-state index contributed by atoms with van der Waals surface area (Å²) < 4.78 is 0. The maximum Gasteiger partial charge on any atom is 0.0500 e. The predicted molar refractivity (Wildman–Crippen MR) is 77.3 cm³/mol. The van der Waals surface area contributed by atoms with Gasteiger partial charge in [-0.25, -0.2) is 0 Å². The minimum atomic E-state index is 0.424. The van der Waals surface area contributed by atoms with Crippen LogP contribution in [-0.2, 0) is 0 Å². The van der Waals surface area contributed by atoms with E-state index in [0.29, 0.717) is 5.37 Å². The third-order valence-corrected chi connectivity index (χ3v) is 3.34. The lowest BCUT2D eigenvalue weighted by Crippen LogP contribution is -2.48. The molecule has 0 bridgehead atoms. The molecule has 0 aliphatic carbocycles. The first-order valence-electron chi connectivity index (χ1n) is 6.88. The summed E-state index contributed by atoms with van der Waals surface area (Å²) in [5, 5.41) is 0.424. The highest BCUT2D eigenvalue weighted by Gasteiger charge is 2.18. The Labute approximate surface area is 108 Å². The first kappa shape index (κ1) is 16.3. The largest absolute Gasteiger partial charge is 0.301 e. The summed E-state index contributed by atoms with van der Waals surface area (Å²) in [6, 6.07) is 0. The molecule has 0 aromatic carbocycles. The fraction of sp³-hybridized carbons (Fsp3) is 1.00. The number of unbranched alkanes of at least 4 members (excludes halogenated alkanes) is 2. The van der Waals surface area contributed by atoms with Crippen LogP contribution in [0, 0.1) is 0 Å². The van der Waals surface area contributed by atoms with Gasteiger partial charge in [0.25, 0.3) is 0 Å². The summed E-state index contributed by atoms with van der Waals surface area (Å²) in [4.78, 5) is 5.03. The summed E-state index contributed by atoms with van der Waals surface area (Å²) in [5.41, 5.74) is 0. The van der Waals surface area contributed by atoms with Crippen molar-refractivity contribution in [2.45, 2.75) is 52.3 Å². The van der Waals surface area contributed by atoms with Crippen LogP contribution in [0.3, 0.4) is 0 Å². The second-order valence-corrected chi connectivity index (χ2v) is 4.96. The topological polar surface area (TPSA) is 6.48 Å². The average Bonchev–Trinajstić information content (AvgIpc) is 2.33. The van der Waals surface area contributed by atoms with Crippen molar-refractivity contribution in [3.8, 4) is 0 Å². The normalized spacial score (nSPS) is 20.1. The molecule has 0 aromatic heterocycles. The summed E-state index contributed by atoms with van der Waals surface area (Å²) in [6.07, 6.45) is 4.07. The van der Waals surface area contributed by atoms with Crippen molar-refractivity contribution in [1.29, 1.82) is 0 Å². The number of piperazine rings is 1. The van der Waals surface area contributed by atoms with Gasteiger partial charge in [-0.2, -0.15) is 12.6 Å². The maximum absolute atomic E-state index is 4.46. The zero-order chi connectivity index (χ0) is 12.4. The van der Waals surface area contributed by atoms with E-state index in [0.717, 1.165) is 0 Å². The smallest absolute Gasteiger partial charge is 0.0500 e. The second-order valence-electron chi connectivity index (χ2n) is 4.22. The van der Waals surface area contributed by atoms with Crippen molar-refractivity contribution in [2.75, 3.05) is 32.7 Å². The Kier molecular flexibility index (Phi) is 10.6. The van der Waals surface area contributed by atoms with Gasteiger partial charge in [0.2, 0.25) is 0 Å². The van der Waals surface area contributed by atoms with Crippen LogP contribution in [0.15, 0.2) is 0 Å². The SMILES string of the molecule is CC.CCCCCN1CCN(C(C)S)CC1. The molecule has 2 nitrogen and oxygen atoms in total. The van der Waals surface area contributed by atoms with Gasteiger partial charge in [0.05, 0.1) is 0 Å². The van der Waals surface area contributed by atoms with Gasteiger partial charge in [0.15, 0.2) is 0 Å². The molecule has 1 heterocycles. The minimum Gasteiger partial charge on any atom is -0.301 e. The highest BCUT2D eigenvalue weighted by molar-refractivity contribution is 7.80. The number of rotatable bonds is 5. The van der Waals surface area contributed by atoms with Crippen LogP contribution in [0.25, 0.3) is 0 Å². The van der Waals surface area contributed by atoms with Crippen LogP contribution in [0.2, 0.25) is 0 Å². The molecule has 0 spiro atoms. The third kappa shape index (κ3) is 6.77. The Balaban J connectivity index is 0.00000106. The molecule has 1 unspecified atom stereocenters. The van der Waals surface area contributed by atoms with Gasteiger partial charge in [0, 0.05) is 31.6 Å². The van der Waals surface area contributed by atoms with Gasteiger partial charge in [-0.1, -0.05) is 33.6 Å². The molecule has 1 saturated heterocycles. The first-order chi connectivity index (χ1) is 7.74. The Morgan fingerprint density at radius 3 is 2.06 bits per heavy atom. The van der Waals surface area contributed by atoms with E-state index in [4.69, 9.17) is 0 Å². The molecule has 0 aromatic rings. The maximum atomic E-state index is 4.46. The quantitative estimate of drug-likeness (QED) is 0.588. The first-order valence-corrected chi connectivity index (χ1v) is 7.40. The summed E-state index contributed by atoms with van der Waals surface area (Å²) in [7, 11) is 0. The lowest BCUT2D eigenvalue weighted by atomic mass is 10.2.